The van der Waals surface area contributed by atoms with Gasteiger partial charge in [-0.05, 0) is 67.2 Å². The van der Waals surface area contributed by atoms with Crippen molar-refractivity contribution in [2.24, 2.45) is 28.3 Å². The number of aliphatic carboxylic acids is 1. The number of nitrogens with two attached hydrogens (primary N) is 2. The Hall–Kier alpha value is -7.52. The lowest BCUT2D eigenvalue weighted by molar-refractivity contribution is -0.145. The number of H-pyrrole nitrogens is 1. The molecule has 3 aromatic rings. The van der Waals surface area contributed by atoms with Crippen LogP contribution in [-0.4, -0.2) is 134 Å². The number of carbonyl (C=O) groups excluding carboxylic acids is 7. The van der Waals surface area contributed by atoms with Crippen LogP contribution in [0.1, 0.15) is 167 Å². The summed E-state index contributed by atoms with van der Waals surface area (Å²) in [6.07, 6.45) is 19.2. The Kier molecular flexibility index (Phi) is 30.2. The number of amides is 7. The van der Waals surface area contributed by atoms with E-state index in [4.69, 9.17) is 11.5 Å². The molecule has 0 radical (unpaired) electrons. The number of aromatic hydroxyl groups is 1. The first-order chi connectivity index (χ1) is 39.8. The molecule has 22 nitrogen and oxygen atoms in total. The number of rotatable bonds is 39. The summed E-state index contributed by atoms with van der Waals surface area (Å²) in [5.74, 6) is -6.93. The van der Waals surface area contributed by atoms with Crippen molar-refractivity contribution in [1.29, 1.82) is 0 Å². The zero-order valence-electron chi connectivity index (χ0n) is 49.5. The number of carbonyl (C=O) groups is 8. The number of nitrogens with zero attached hydrogens (tertiary/aromatic N) is 3. The van der Waals surface area contributed by atoms with Crippen LogP contribution in [0.25, 0.3) is 0 Å². The molecule has 1 aromatic heterocycles. The minimum absolute atomic E-state index is 0.0162. The monoisotopic (exact) mass is 1150 g/mol. The molecule has 22 heteroatoms. The number of phenolic OH excluding ortho intramolecular Hbond substituents is 1. The Labute approximate surface area is 489 Å². The summed E-state index contributed by atoms with van der Waals surface area (Å²) < 4.78 is 0. The van der Waals surface area contributed by atoms with Crippen LogP contribution in [0.3, 0.4) is 0 Å². The van der Waals surface area contributed by atoms with Gasteiger partial charge >= 0.3 is 5.97 Å². The molecular weight excluding hydrogens is 1060 g/mol. The molecule has 1 aliphatic rings. The van der Waals surface area contributed by atoms with Crippen LogP contribution in [0.4, 0.5) is 0 Å². The van der Waals surface area contributed by atoms with E-state index >= 15 is 0 Å². The Morgan fingerprint density at radius 3 is 1.72 bits per heavy atom. The van der Waals surface area contributed by atoms with Crippen LogP contribution >= 0.6 is 0 Å². The summed E-state index contributed by atoms with van der Waals surface area (Å²) in [5, 5.41) is 36.8. The van der Waals surface area contributed by atoms with E-state index in [9.17, 15) is 48.6 Å². The maximum absolute atomic E-state index is 14.6. The lowest BCUT2D eigenvalue weighted by Crippen LogP contribution is -2.61. The molecule has 4 rings (SSSR count). The molecule has 0 bridgehead atoms. The van der Waals surface area contributed by atoms with Gasteiger partial charge in [0.05, 0.1) is 6.33 Å². The zero-order valence-corrected chi connectivity index (χ0v) is 49.5. The summed E-state index contributed by atoms with van der Waals surface area (Å²) >= 11 is 0. The molecular formula is C61H94N12O10. The Balaban J connectivity index is 1.47. The normalized spacial score (nSPS) is 15.3. The van der Waals surface area contributed by atoms with Crippen molar-refractivity contribution in [3.63, 3.8) is 0 Å². The van der Waals surface area contributed by atoms with Crippen molar-refractivity contribution in [3.8, 4) is 5.75 Å². The van der Waals surface area contributed by atoms with Crippen LogP contribution in [0.2, 0.25) is 0 Å². The minimum atomic E-state index is -1.35. The number of imidazole rings is 1. The van der Waals surface area contributed by atoms with Crippen molar-refractivity contribution in [3.05, 3.63) is 83.9 Å². The molecule has 458 valence electrons. The predicted molar refractivity (Wildman–Crippen MR) is 318 cm³/mol. The Bertz CT molecular complexity index is 2510. The fourth-order valence-electron chi connectivity index (χ4n) is 10.2. The summed E-state index contributed by atoms with van der Waals surface area (Å²) in [6, 6.07) is 6.36. The highest BCUT2D eigenvalue weighted by atomic mass is 16.4. The van der Waals surface area contributed by atoms with Crippen molar-refractivity contribution >= 4 is 53.3 Å². The molecule has 0 unspecified atom stereocenters. The van der Waals surface area contributed by atoms with Crippen LogP contribution < -0.4 is 43.4 Å². The van der Waals surface area contributed by atoms with Gasteiger partial charge in [-0.15, -0.1) is 0 Å². The molecule has 7 amide bonds. The van der Waals surface area contributed by atoms with E-state index in [-0.39, 0.29) is 69.2 Å². The molecule has 1 fully saturated rings. The molecule has 0 aliphatic carbocycles. The van der Waals surface area contributed by atoms with Crippen LogP contribution in [0.15, 0.2) is 72.1 Å². The number of phenols is 1. The number of carboxylic acid groups (broad SMARTS) is 1. The molecule has 0 spiro atoms. The van der Waals surface area contributed by atoms with Gasteiger partial charge in [-0.1, -0.05) is 154 Å². The van der Waals surface area contributed by atoms with E-state index in [1.165, 1.54) is 87.3 Å². The fraction of sp³-hybridized carbons (Fsp3) is 0.607. The average molecular weight is 1160 g/mol. The molecule has 7 atom stereocenters. The van der Waals surface area contributed by atoms with Crippen molar-refractivity contribution < 1.29 is 48.6 Å². The zero-order chi connectivity index (χ0) is 60.7. The SMILES string of the molecule is CCCCCCCCCCCCCCCC(=O)N[C@@H](CCCN=C(N)N)C(=O)N[C@H](C(=O)N[C@@H](Cc1ccc(O)cc1)C(=O)N[C@H](C(=O)N[C@@H](Cc1cnc[nH]1)C(=O)N1CCC[C@H]1C(=O)N[C@@H](Cc1ccccc1)C(=O)O)C(C)C)C(C)C. The van der Waals surface area contributed by atoms with Gasteiger partial charge in [-0.25, -0.2) is 9.78 Å². The van der Waals surface area contributed by atoms with E-state index in [1.54, 1.807) is 70.2 Å². The quantitative estimate of drug-likeness (QED) is 0.0204. The summed E-state index contributed by atoms with van der Waals surface area (Å²) in [6.45, 7) is 9.39. The standard InChI is InChI=1S/C61H94N12O10/c1-6-7-8-9-10-11-12-13-14-15-16-17-21-28-51(75)67-46(26-22-33-65-61(62)63)54(76)71-52(40(2)3)57(79)68-47(35-43-29-31-45(74)32-30-43)55(77)72-53(41(4)5)58(80)69-48(37-44-38-64-39-66-44)59(81)73-34-23-27-50(73)56(78)70-49(60(82)83)36-42-24-19-18-20-25-42/h18-20,24-25,29-32,38-41,46-50,52-53,74H,6-17,21-23,26-28,33-37H2,1-5H3,(H,64,66)(H,67,75)(H,68,79)(H,69,80)(H,70,78)(H,71,76)(H,72,77)(H,82,83)(H4,62,63,65)/t46-,47-,48-,49-,50-,52-,53-/m0/s1. The van der Waals surface area contributed by atoms with Gasteiger partial charge in [0.2, 0.25) is 41.4 Å². The first kappa shape index (κ1) is 68.0. The second-order valence-corrected chi connectivity index (χ2v) is 22.6. The number of aromatic amines is 1. The fourth-order valence-corrected chi connectivity index (χ4v) is 10.2. The van der Waals surface area contributed by atoms with Crippen molar-refractivity contribution in [1.82, 2.24) is 46.8 Å². The molecule has 2 heterocycles. The highest BCUT2D eigenvalue weighted by Gasteiger charge is 2.41. The highest BCUT2D eigenvalue weighted by molar-refractivity contribution is 5.98. The number of hydrogen-bond donors (Lipinski definition) is 11. The van der Waals surface area contributed by atoms with E-state index in [1.807, 2.05) is 0 Å². The summed E-state index contributed by atoms with van der Waals surface area (Å²) in [5.41, 5.74) is 12.8. The molecule has 1 aliphatic heterocycles. The number of guanidine groups is 1. The van der Waals surface area contributed by atoms with Gasteiger partial charge in [-0.2, -0.15) is 0 Å². The number of aliphatic imine (C=N–C) groups is 1. The maximum Gasteiger partial charge on any atom is 0.326 e. The van der Waals surface area contributed by atoms with Crippen LogP contribution in [-0.2, 0) is 57.6 Å². The number of carboxylic acids is 1. The van der Waals surface area contributed by atoms with Gasteiger partial charge in [0, 0.05) is 50.7 Å². The van der Waals surface area contributed by atoms with Gasteiger partial charge < -0.3 is 63.5 Å². The first-order valence-corrected chi connectivity index (χ1v) is 30.0. The second kappa shape index (κ2) is 36.8. The van der Waals surface area contributed by atoms with Gasteiger partial charge in [0.1, 0.15) is 48.0 Å². The molecule has 13 N–H and O–H groups in total. The Morgan fingerprint density at radius 1 is 0.639 bits per heavy atom. The van der Waals surface area contributed by atoms with E-state index in [0.29, 0.717) is 36.1 Å². The first-order valence-electron chi connectivity index (χ1n) is 30.0. The predicted octanol–water partition coefficient (Wildman–Crippen LogP) is 4.97. The van der Waals surface area contributed by atoms with Crippen molar-refractivity contribution in [2.75, 3.05) is 13.1 Å². The third-order valence-corrected chi connectivity index (χ3v) is 14.9. The topological polar surface area (TPSA) is 346 Å². The third kappa shape index (κ3) is 24.9. The van der Waals surface area contributed by atoms with E-state index in [0.717, 1.165) is 19.3 Å². The lowest BCUT2D eigenvalue weighted by Gasteiger charge is -2.31. The molecule has 0 saturated carbocycles. The Morgan fingerprint density at radius 2 is 1.18 bits per heavy atom. The van der Waals surface area contributed by atoms with E-state index in [2.05, 4.69) is 53.8 Å². The largest absolute Gasteiger partial charge is 0.508 e. The minimum Gasteiger partial charge on any atom is -0.508 e. The number of aromatic nitrogens is 2. The third-order valence-electron chi connectivity index (χ3n) is 14.9. The maximum atomic E-state index is 14.6. The van der Waals surface area contributed by atoms with Gasteiger partial charge in [0.25, 0.3) is 0 Å². The number of nitrogens with one attached hydrogen (secondary N) is 7. The molecule has 1 saturated heterocycles. The molecule has 2 aromatic carbocycles. The summed E-state index contributed by atoms with van der Waals surface area (Å²) in [4.78, 5) is 124. The van der Waals surface area contributed by atoms with Crippen LogP contribution in [0.5, 0.6) is 5.75 Å². The average Bonchev–Trinajstić information content (AvgIpc) is 4.32. The second-order valence-electron chi connectivity index (χ2n) is 22.6. The molecule has 83 heavy (non-hydrogen) atoms. The van der Waals surface area contributed by atoms with Gasteiger partial charge in [-0.3, -0.25) is 38.6 Å². The van der Waals surface area contributed by atoms with Crippen LogP contribution in [0, 0.1) is 11.8 Å². The number of likely N-dealkylation sites (tertiary alicyclic amines) is 1. The number of unbranched alkanes of at least 4 members (excludes halogenated alkanes) is 12. The van der Waals surface area contributed by atoms with Gasteiger partial charge in [0.15, 0.2) is 5.96 Å². The lowest BCUT2D eigenvalue weighted by atomic mass is 9.98. The summed E-state index contributed by atoms with van der Waals surface area (Å²) in [7, 11) is 0. The number of hydrogen-bond acceptors (Lipinski definition) is 11. The van der Waals surface area contributed by atoms with Crippen molar-refractivity contribution in [2.45, 2.75) is 212 Å². The number of benzene rings is 2. The van der Waals surface area contributed by atoms with E-state index < -0.39 is 95.5 Å². The smallest absolute Gasteiger partial charge is 0.326 e. The highest BCUT2D eigenvalue weighted by Crippen LogP contribution is 2.22.